The normalized spacial score (nSPS) is 21.7. The van der Waals surface area contributed by atoms with Gasteiger partial charge in [0.15, 0.2) is 0 Å². The van der Waals surface area contributed by atoms with Crippen LogP contribution in [0.5, 0.6) is 5.75 Å². The largest absolute Gasteiger partial charge is 0.493 e. The zero-order valence-corrected chi connectivity index (χ0v) is 12.2. The van der Waals surface area contributed by atoms with Crippen LogP contribution in [0.1, 0.15) is 36.5 Å². The molecule has 1 unspecified atom stereocenters. The van der Waals surface area contributed by atoms with Crippen LogP contribution in [-0.4, -0.2) is 42.3 Å². The van der Waals surface area contributed by atoms with Gasteiger partial charge in [-0.05, 0) is 50.9 Å². The molecular formula is C16H23FN2O2. The lowest BCUT2D eigenvalue weighted by molar-refractivity contribution is 0.121. The molecule has 1 fully saturated rings. The zero-order chi connectivity index (χ0) is 14.8. The van der Waals surface area contributed by atoms with E-state index in [1.807, 2.05) is 0 Å². The molecule has 3 N–H and O–H groups in total. The Morgan fingerprint density at radius 3 is 2.81 bits per heavy atom. The second-order valence-electron chi connectivity index (χ2n) is 6.01. The number of nitrogens with two attached hydrogens (primary N) is 1. The van der Waals surface area contributed by atoms with E-state index in [4.69, 9.17) is 10.5 Å². The van der Waals surface area contributed by atoms with E-state index in [1.165, 1.54) is 12.8 Å². The van der Waals surface area contributed by atoms with Crippen molar-refractivity contribution in [3.8, 4) is 5.75 Å². The lowest BCUT2D eigenvalue weighted by Crippen LogP contribution is -2.40. The van der Waals surface area contributed by atoms with Crippen LogP contribution in [0.2, 0.25) is 0 Å². The highest BCUT2D eigenvalue weighted by atomic mass is 19.1. The van der Waals surface area contributed by atoms with Gasteiger partial charge >= 0.3 is 0 Å². The van der Waals surface area contributed by atoms with Crippen molar-refractivity contribution < 1.29 is 14.2 Å². The molecule has 0 saturated carbocycles. The molecule has 0 amide bonds. The van der Waals surface area contributed by atoms with Crippen molar-refractivity contribution in [1.29, 1.82) is 0 Å². The Balaban J connectivity index is 1.75. The van der Waals surface area contributed by atoms with E-state index in [1.54, 1.807) is 12.1 Å². The van der Waals surface area contributed by atoms with Gasteiger partial charge < -0.3 is 20.5 Å². The van der Waals surface area contributed by atoms with Gasteiger partial charge in [-0.25, -0.2) is 4.39 Å². The second kappa shape index (κ2) is 6.30. The van der Waals surface area contributed by atoms with E-state index < -0.39 is 12.1 Å². The smallest absolute Gasteiger partial charge is 0.135 e. The van der Waals surface area contributed by atoms with Crippen molar-refractivity contribution >= 4 is 0 Å². The molecule has 0 spiro atoms. The third-order valence-electron chi connectivity index (χ3n) is 4.45. The van der Waals surface area contributed by atoms with E-state index in [9.17, 15) is 9.50 Å². The van der Waals surface area contributed by atoms with Crippen LogP contribution in [-0.2, 0) is 6.42 Å². The van der Waals surface area contributed by atoms with Gasteiger partial charge in [0, 0.05) is 23.7 Å². The molecule has 21 heavy (non-hydrogen) atoms. The highest BCUT2D eigenvalue weighted by Crippen LogP contribution is 2.32. The van der Waals surface area contributed by atoms with Crippen LogP contribution in [0.15, 0.2) is 12.1 Å². The zero-order valence-electron chi connectivity index (χ0n) is 12.2. The molecule has 0 bridgehead atoms. The SMILES string of the molecule is N[C@H](CN1CCCC1)C(O)c1ccc2c(c1F)CCCO2. The van der Waals surface area contributed by atoms with Gasteiger partial charge in [0.25, 0.3) is 0 Å². The molecule has 2 aliphatic rings. The van der Waals surface area contributed by atoms with Crippen LogP contribution in [0.3, 0.4) is 0 Å². The fourth-order valence-corrected chi connectivity index (χ4v) is 3.24. The second-order valence-corrected chi connectivity index (χ2v) is 6.01. The number of ether oxygens (including phenoxy) is 1. The van der Waals surface area contributed by atoms with Gasteiger partial charge in [0.05, 0.1) is 12.7 Å². The minimum absolute atomic E-state index is 0.297. The maximum atomic E-state index is 14.6. The van der Waals surface area contributed by atoms with Gasteiger partial charge in [0.2, 0.25) is 0 Å². The topological polar surface area (TPSA) is 58.7 Å². The summed E-state index contributed by atoms with van der Waals surface area (Å²) in [6, 6.07) is 2.88. The molecule has 116 valence electrons. The van der Waals surface area contributed by atoms with Crippen LogP contribution in [0.4, 0.5) is 4.39 Å². The summed E-state index contributed by atoms with van der Waals surface area (Å²) in [6.45, 7) is 3.26. The Morgan fingerprint density at radius 2 is 2.05 bits per heavy atom. The Kier molecular flexibility index (Phi) is 4.42. The lowest BCUT2D eigenvalue weighted by atomic mass is 9.96. The Hall–Kier alpha value is -1.17. The first-order valence-electron chi connectivity index (χ1n) is 7.77. The highest BCUT2D eigenvalue weighted by Gasteiger charge is 2.27. The van der Waals surface area contributed by atoms with E-state index in [2.05, 4.69) is 4.90 Å². The number of aliphatic hydroxyl groups excluding tert-OH is 1. The number of halogens is 1. The Bertz CT molecular complexity index is 503. The predicted molar refractivity (Wildman–Crippen MR) is 78.8 cm³/mol. The van der Waals surface area contributed by atoms with Crippen molar-refractivity contribution in [3.63, 3.8) is 0 Å². The summed E-state index contributed by atoms with van der Waals surface area (Å²) < 4.78 is 20.0. The molecule has 0 radical (unpaired) electrons. The number of fused-ring (bicyclic) bond motifs is 1. The van der Waals surface area contributed by atoms with Gasteiger partial charge in [-0.3, -0.25) is 0 Å². The number of rotatable bonds is 4. The standard InChI is InChI=1S/C16H23FN2O2/c17-15-11-4-3-9-21-14(11)6-5-12(15)16(20)13(18)10-19-7-1-2-8-19/h5-6,13,16,20H,1-4,7-10,18H2/t13-,16?/m1/s1. The number of benzene rings is 1. The molecule has 4 nitrogen and oxygen atoms in total. The summed E-state index contributed by atoms with van der Waals surface area (Å²) in [5, 5.41) is 10.4. The molecule has 2 aliphatic heterocycles. The molecule has 5 heteroatoms. The first-order valence-corrected chi connectivity index (χ1v) is 7.77. The van der Waals surface area contributed by atoms with Crippen LogP contribution >= 0.6 is 0 Å². The minimum Gasteiger partial charge on any atom is -0.493 e. The Morgan fingerprint density at radius 1 is 1.29 bits per heavy atom. The van der Waals surface area contributed by atoms with Gasteiger partial charge in [-0.1, -0.05) is 0 Å². The summed E-state index contributed by atoms with van der Waals surface area (Å²) in [4.78, 5) is 2.23. The molecule has 2 heterocycles. The number of nitrogens with zero attached hydrogens (tertiary/aromatic N) is 1. The predicted octanol–water partition coefficient (Wildman–Crippen LogP) is 1.61. The first-order chi connectivity index (χ1) is 10.2. The average molecular weight is 294 g/mol. The van der Waals surface area contributed by atoms with Crippen LogP contribution in [0, 0.1) is 5.82 Å². The highest BCUT2D eigenvalue weighted by molar-refractivity contribution is 5.41. The fraction of sp³-hybridized carbons (Fsp3) is 0.625. The number of aliphatic hydroxyl groups is 1. The quantitative estimate of drug-likeness (QED) is 0.886. The van der Waals surface area contributed by atoms with Gasteiger partial charge in [-0.2, -0.15) is 0 Å². The van der Waals surface area contributed by atoms with Crippen molar-refractivity contribution in [2.75, 3.05) is 26.2 Å². The molecule has 0 aliphatic carbocycles. The number of likely N-dealkylation sites (tertiary alicyclic amines) is 1. The maximum Gasteiger partial charge on any atom is 0.135 e. The first kappa shape index (κ1) is 14.8. The van der Waals surface area contributed by atoms with E-state index in [-0.39, 0.29) is 5.82 Å². The van der Waals surface area contributed by atoms with Crippen molar-refractivity contribution in [2.24, 2.45) is 5.73 Å². The summed E-state index contributed by atoms with van der Waals surface area (Å²) in [5.74, 6) is 0.249. The molecule has 3 rings (SSSR count). The van der Waals surface area contributed by atoms with E-state index >= 15 is 0 Å². The fourth-order valence-electron chi connectivity index (χ4n) is 3.24. The number of hydrogen-bond donors (Lipinski definition) is 2. The minimum atomic E-state index is -0.974. The van der Waals surface area contributed by atoms with Crippen molar-refractivity contribution in [3.05, 3.63) is 29.1 Å². The van der Waals surface area contributed by atoms with E-state index in [0.717, 1.165) is 19.5 Å². The van der Waals surface area contributed by atoms with E-state index in [0.29, 0.717) is 36.4 Å². The van der Waals surface area contributed by atoms with Gasteiger partial charge in [0.1, 0.15) is 11.6 Å². The average Bonchev–Trinajstić information content (AvgIpc) is 3.00. The number of hydrogen-bond acceptors (Lipinski definition) is 4. The van der Waals surface area contributed by atoms with Crippen LogP contribution < -0.4 is 10.5 Å². The summed E-state index contributed by atoms with van der Waals surface area (Å²) >= 11 is 0. The van der Waals surface area contributed by atoms with Gasteiger partial charge in [-0.15, -0.1) is 0 Å². The Labute approximate surface area is 124 Å². The summed E-state index contributed by atoms with van der Waals surface area (Å²) in [5.41, 5.74) is 6.96. The molecule has 0 aromatic heterocycles. The monoisotopic (exact) mass is 294 g/mol. The molecule has 1 aromatic rings. The molecule has 1 saturated heterocycles. The molecular weight excluding hydrogens is 271 g/mol. The molecule has 2 atom stereocenters. The van der Waals surface area contributed by atoms with Crippen LogP contribution in [0.25, 0.3) is 0 Å². The third-order valence-corrected chi connectivity index (χ3v) is 4.45. The summed E-state index contributed by atoms with van der Waals surface area (Å²) in [6.07, 6.45) is 2.84. The summed E-state index contributed by atoms with van der Waals surface area (Å²) in [7, 11) is 0. The maximum absolute atomic E-state index is 14.6. The van der Waals surface area contributed by atoms with Crippen molar-refractivity contribution in [2.45, 2.75) is 37.8 Å². The van der Waals surface area contributed by atoms with Crippen molar-refractivity contribution in [1.82, 2.24) is 4.90 Å². The third kappa shape index (κ3) is 3.05. The molecule has 1 aromatic carbocycles. The lowest BCUT2D eigenvalue weighted by Gasteiger charge is -2.26.